The Hall–Kier alpha value is -1.44. The molecular weight excluding hydrogens is 311 g/mol. The van der Waals surface area contributed by atoms with E-state index in [4.69, 9.17) is 16.3 Å². The van der Waals surface area contributed by atoms with Crippen LogP contribution < -0.4 is 5.32 Å². The third kappa shape index (κ3) is 2.24. The average Bonchev–Trinajstić information content (AvgIpc) is 2.85. The molecule has 0 unspecified atom stereocenters. The summed E-state index contributed by atoms with van der Waals surface area (Å²) in [7, 11) is 0. The molecular formula is C14H16ClFN4O2. The molecule has 2 bridgehead atoms. The maximum Gasteiger partial charge on any atom is 0.291 e. The van der Waals surface area contributed by atoms with Gasteiger partial charge >= 0.3 is 0 Å². The number of nitrogens with one attached hydrogen (secondary N) is 1. The van der Waals surface area contributed by atoms with Crippen LogP contribution in [-0.2, 0) is 4.74 Å². The molecule has 1 aromatic heterocycles. The highest BCUT2D eigenvalue weighted by Crippen LogP contribution is 2.44. The van der Waals surface area contributed by atoms with Gasteiger partial charge in [0, 0.05) is 18.8 Å². The number of anilines is 1. The first-order valence-corrected chi connectivity index (χ1v) is 7.75. The zero-order valence-electron chi connectivity index (χ0n) is 11.9. The normalized spacial score (nSPS) is 36.3. The highest BCUT2D eigenvalue weighted by molar-refractivity contribution is 6.33. The minimum Gasteiger partial charge on any atom is -0.633 e. The molecule has 1 atom stereocenters. The predicted octanol–water partition coefficient (Wildman–Crippen LogP) is 2.15. The second-order valence-corrected chi connectivity index (χ2v) is 6.74. The van der Waals surface area contributed by atoms with Crippen LogP contribution in [0.2, 0.25) is 5.02 Å². The van der Waals surface area contributed by atoms with E-state index in [1.165, 1.54) is 6.07 Å². The molecule has 4 aliphatic rings. The Morgan fingerprint density at radius 3 is 2.91 bits per heavy atom. The smallest absolute Gasteiger partial charge is 0.291 e. The van der Waals surface area contributed by atoms with E-state index in [9.17, 15) is 9.60 Å². The topological polar surface area (TPSA) is 69.6 Å². The Morgan fingerprint density at radius 2 is 2.23 bits per heavy atom. The number of fused-ring (bicyclic) bond motifs is 2. The Labute approximate surface area is 132 Å². The molecule has 5 rings (SSSR count). The van der Waals surface area contributed by atoms with Gasteiger partial charge in [-0.15, -0.1) is 0 Å². The Morgan fingerprint density at radius 1 is 1.45 bits per heavy atom. The SMILES string of the molecule is [O-][N+]12CCC(CC1)[C@]1(CN=C(Nc3ncc(F)cc3Cl)O1)C2. The summed E-state index contributed by atoms with van der Waals surface area (Å²) in [6, 6.07) is 1.48. The van der Waals surface area contributed by atoms with Gasteiger partial charge in [-0.2, -0.15) is 0 Å². The van der Waals surface area contributed by atoms with Crippen LogP contribution in [-0.4, -0.2) is 47.4 Å². The van der Waals surface area contributed by atoms with Crippen molar-refractivity contribution in [1.29, 1.82) is 0 Å². The molecule has 1 spiro atoms. The van der Waals surface area contributed by atoms with E-state index >= 15 is 0 Å². The summed E-state index contributed by atoms with van der Waals surface area (Å²) in [5.41, 5.74) is -0.507. The summed E-state index contributed by atoms with van der Waals surface area (Å²) in [5.74, 6) is 0.156. The predicted molar refractivity (Wildman–Crippen MR) is 79.9 cm³/mol. The fourth-order valence-corrected chi connectivity index (χ4v) is 3.97. The fourth-order valence-electron chi connectivity index (χ4n) is 3.77. The molecule has 8 heteroatoms. The highest BCUT2D eigenvalue weighted by atomic mass is 35.5. The molecule has 0 radical (unpaired) electrons. The number of halogens is 2. The summed E-state index contributed by atoms with van der Waals surface area (Å²) in [4.78, 5) is 8.26. The number of nitrogens with zero attached hydrogens (tertiary/aromatic N) is 3. The number of amidine groups is 1. The molecule has 1 N–H and O–H groups in total. The van der Waals surface area contributed by atoms with Gasteiger partial charge in [-0.05, 0) is 6.07 Å². The lowest BCUT2D eigenvalue weighted by atomic mass is 9.75. The largest absolute Gasteiger partial charge is 0.633 e. The van der Waals surface area contributed by atoms with E-state index < -0.39 is 11.4 Å². The highest BCUT2D eigenvalue weighted by Gasteiger charge is 2.56. The number of rotatable bonds is 1. The van der Waals surface area contributed by atoms with Crippen LogP contribution in [0.5, 0.6) is 0 Å². The van der Waals surface area contributed by atoms with Crippen LogP contribution in [0.4, 0.5) is 10.2 Å². The second kappa shape index (κ2) is 4.78. The molecule has 5 heterocycles. The number of pyridine rings is 1. The van der Waals surface area contributed by atoms with Crippen molar-refractivity contribution in [1.82, 2.24) is 4.98 Å². The molecule has 118 valence electrons. The summed E-state index contributed by atoms with van der Waals surface area (Å²) >= 11 is 5.94. The van der Waals surface area contributed by atoms with E-state index in [1.807, 2.05) is 0 Å². The number of ether oxygens (including phenoxy) is 1. The van der Waals surface area contributed by atoms with Crippen molar-refractivity contribution < 1.29 is 13.8 Å². The van der Waals surface area contributed by atoms with E-state index in [0.29, 0.717) is 43.9 Å². The second-order valence-electron chi connectivity index (χ2n) is 6.33. The van der Waals surface area contributed by atoms with Gasteiger partial charge in [-0.3, -0.25) is 5.32 Å². The average molecular weight is 327 g/mol. The van der Waals surface area contributed by atoms with Crippen LogP contribution in [0.15, 0.2) is 17.3 Å². The number of hydrogen-bond acceptors (Lipinski definition) is 5. The van der Waals surface area contributed by atoms with E-state index in [-0.39, 0.29) is 9.67 Å². The zero-order chi connectivity index (χ0) is 15.4. The summed E-state index contributed by atoms with van der Waals surface area (Å²) < 4.78 is 18.8. The van der Waals surface area contributed by atoms with Gasteiger partial charge in [-0.25, -0.2) is 14.4 Å². The Balaban J connectivity index is 1.50. The quantitative estimate of drug-likeness (QED) is 0.634. The third-order valence-electron chi connectivity index (χ3n) is 4.89. The molecule has 3 saturated heterocycles. The van der Waals surface area contributed by atoms with Gasteiger partial charge in [0.1, 0.15) is 12.4 Å². The lowest BCUT2D eigenvalue weighted by Crippen LogP contribution is -2.67. The van der Waals surface area contributed by atoms with Gasteiger partial charge in [-0.1, -0.05) is 11.6 Å². The molecule has 0 amide bonds. The molecule has 22 heavy (non-hydrogen) atoms. The Kier molecular flexibility index (Phi) is 3.08. The Bertz CT molecular complexity index is 648. The molecule has 1 aromatic rings. The van der Waals surface area contributed by atoms with E-state index in [1.54, 1.807) is 0 Å². The number of piperidine rings is 3. The molecule has 3 fully saturated rings. The maximum absolute atomic E-state index is 13.0. The van der Waals surface area contributed by atoms with E-state index in [0.717, 1.165) is 19.0 Å². The fraction of sp³-hybridized carbons (Fsp3) is 0.571. The number of hydroxylamine groups is 3. The van der Waals surface area contributed by atoms with Crippen molar-refractivity contribution in [2.45, 2.75) is 18.4 Å². The van der Waals surface area contributed by atoms with Gasteiger partial charge < -0.3 is 14.6 Å². The number of aliphatic imine (C=N–C) groups is 1. The molecule has 0 saturated carbocycles. The van der Waals surface area contributed by atoms with Crippen molar-refractivity contribution in [2.24, 2.45) is 10.9 Å². The number of quaternary nitrogens is 1. The van der Waals surface area contributed by atoms with Gasteiger partial charge in [0.2, 0.25) is 0 Å². The van der Waals surface area contributed by atoms with Gasteiger partial charge in [0.15, 0.2) is 11.4 Å². The zero-order valence-corrected chi connectivity index (χ0v) is 12.6. The van der Waals surface area contributed by atoms with Crippen molar-refractivity contribution in [3.05, 3.63) is 28.3 Å². The minimum absolute atomic E-state index is 0.161. The van der Waals surface area contributed by atoms with Crippen LogP contribution in [0.3, 0.4) is 0 Å². The molecule has 0 aliphatic carbocycles. The summed E-state index contributed by atoms with van der Waals surface area (Å²) in [6.45, 7) is 2.26. The maximum atomic E-state index is 13.0. The monoisotopic (exact) mass is 326 g/mol. The van der Waals surface area contributed by atoms with Crippen LogP contribution in [0, 0.1) is 16.9 Å². The van der Waals surface area contributed by atoms with Crippen LogP contribution in [0.25, 0.3) is 0 Å². The lowest BCUT2D eigenvalue weighted by Gasteiger charge is -2.58. The minimum atomic E-state index is -0.507. The van der Waals surface area contributed by atoms with Crippen LogP contribution in [0.1, 0.15) is 12.8 Å². The molecule has 0 aromatic carbocycles. The summed E-state index contributed by atoms with van der Waals surface area (Å²) in [5, 5.41) is 15.6. The first kappa shape index (κ1) is 14.2. The van der Waals surface area contributed by atoms with Gasteiger partial charge in [0.25, 0.3) is 6.02 Å². The lowest BCUT2D eigenvalue weighted by molar-refractivity contribution is -0.905. The number of hydrogen-bond donors (Lipinski definition) is 1. The van der Waals surface area contributed by atoms with E-state index in [2.05, 4.69) is 15.3 Å². The van der Waals surface area contributed by atoms with Gasteiger partial charge in [0.05, 0.1) is 30.9 Å². The first-order chi connectivity index (χ1) is 10.5. The standard InChI is InChI=1S/C14H16ClFN4O2/c15-11-5-10(16)6-17-12(11)19-13-18-7-14(22-13)8-20(21)3-1-9(14)2-4-20/h5-6,9H,1-4,7-8H2,(H,17,18,19)/t9?,14-,20?/m0/s1. The van der Waals surface area contributed by atoms with Crippen molar-refractivity contribution >= 4 is 23.4 Å². The summed E-state index contributed by atoms with van der Waals surface area (Å²) in [6.07, 6.45) is 2.83. The number of aromatic nitrogens is 1. The van der Waals surface area contributed by atoms with Crippen molar-refractivity contribution in [2.75, 3.05) is 31.5 Å². The first-order valence-electron chi connectivity index (χ1n) is 7.37. The molecule has 4 aliphatic heterocycles. The van der Waals surface area contributed by atoms with Crippen molar-refractivity contribution in [3.8, 4) is 0 Å². The molecule has 6 nitrogen and oxygen atoms in total. The third-order valence-corrected chi connectivity index (χ3v) is 5.18. The van der Waals surface area contributed by atoms with Crippen LogP contribution >= 0.6 is 11.6 Å². The van der Waals surface area contributed by atoms with Crippen molar-refractivity contribution in [3.63, 3.8) is 0 Å².